The van der Waals surface area contributed by atoms with Crippen molar-refractivity contribution in [2.24, 2.45) is 17.8 Å². The van der Waals surface area contributed by atoms with Gasteiger partial charge in [-0.2, -0.15) is 0 Å². The van der Waals surface area contributed by atoms with Crippen LogP contribution in [0.2, 0.25) is 0 Å². The summed E-state index contributed by atoms with van der Waals surface area (Å²) in [5.74, 6) is 3.44. The number of nitrogens with zero attached hydrogens (tertiary/aromatic N) is 3. The molecule has 2 aliphatic rings. The van der Waals surface area contributed by atoms with E-state index in [9.17, 15) is 0 Å². The maximum absolute atomic E-state index is 5.84. The smallest absolute Gasteiger partial charge is 0.317 e. The molecule has 2 saturated carbocycles. The molecule has 5 nitrogen and oxygen atoms in total. The van der Waals surface area contributed by atoms with Crippen LogP contribution in [0.15, 0.2) is 4.42 Å². The van der Waals surface area contributed by atoms with Crippen molar-refractivity contribution in [1.29, 1.82) is 0 Å². The fourth-order valence-corrected chi connectivity index (χ4v) is 4.03. The quantitative estimate of drug-likeness (QED) is 0.837. The van der Waals surface area contributed by atoms with Gasteiger partial charge in [0.15, 0.2) is 0 Å². The van der Waals surface area contributed by atoms with Crippen molar-refractivity contribution in [2.45, 2.75) is 52.0 Å². The zero-order chi connectivity index (χ0) is 14.8. The molecule has 1 aromatic rings. The molecule has 2 aliphatic carbocycles. The molecule has 4 atom stereocenters. The molecule has 0 saturated heterocycles. The second-order valence-corrected chi connectivity index (χ2v) is 6.91. The molecule has 21 heavy (non-hydrogen) atoms. The predicted octanol–water partition coefficient (Wildman–Crippen LogP) is 3.00. The first-order chi connectivity index (χ1) is 10.2. The van der Waals surface area contributed by atoms with E-state index in [0.29, 0.717) is 11.9 Å². The molecule has 0 spiro atoms. The van der Waals surface area contributed by atoms with E-state index in [0.717, 1.165) is 37.3 Å². The van der Waals surface area contributed by atoms with Gasteiger partial charge in [0.1, 0.15) is 0 Å². The average molecular weight is 292 g/mol. The lowest BCUT2D eigenvalue weighted by atomic mass is 9.88. The molecule has 5 heteroatoms. The zero-order valence-corrected chi connectivity index (χ0v) is 13.5. The Kier molecular flexibility index (Phi) is 4.48. The lowest BCUT2D eigenvalue weighted by molar-refractivity contribution is 0.330. The minimum atomic E-state index is 0.127. The fraction of sp³-hybridized carbons (Fsp3) is 0.875. The number of anilines is 1. The summed E-state index contributed by atoms with van der Waals surface area (Å²) in [5, 5.41) is 11.8. The van der Waals surface area contributed by atoms with Crippen LogP contribution in [-0.2, 0) is 0 Å². The van der Waals surface area contributed by atoms with E-state index in [2.05, 4.69) is 41.3 Å². The zero-order valence-electron chi connectivity index (χ0n) is 13.5. The van der Waals surface area contributed by atoms with Gasteiger partial charge in [-0.25, -0.2) is 0 Å². The van der Waals surface area contributed by atoms with Crippen LogP contribution in [0.4, 0.5) is 6.01 Å². The number of rotatable bonds is 7. The summed E-state index contributed by atoms with van der Waals surface area (Å²) in [4.78, 5) is 2.15. The highest BCUT2D eigenvalue weighted by Crippen LogP contribution is 2.48. The van der Waals surface area contributed by atoms with Gasteiger partial charge in [0, 0.05) is 13.6 Å². The SMILES string of the molecule is CCCNC(C)c1nnc(N(C)CC2CC3CCC2C3)o1. The molecule has 1 heterocycles. The Bertz CT molecular complexity index is 461. The van der Waals surface area contributed by atoms with E-state index < -0.39 is 0 Å². The van der Waals surface area contributed by atoms with Gasteiger partial charge in [-0.3, -0.25) is 0 Å². The molecular weight excluding hydrogens is 264 g/mol. The standard InChI is InChI=1S/C16H28N4O/c1-4-7-17-11(2)15-18-19-16(21-15)20(3)10-14-9-12-5-6-13(14)8-12/h11-14,17H,4-10H2,1-3H3. The Morgan fingerprint density at radius 3 is 2.86 bits per heavy atom. The Morgan fingerprint density at radius 1 is 1.33 bits per heavy atom. The molecule has 1 aromatic heterocycles. The van der Waals surface area contributed by atoms with Crippen LogP contribution >= 0.6 is 0 Å². The van der Waals surface area contributed by atoms with Gasteiger partial charge in [-0.15, -0.1) is 5.10 Å². The monoisotopic (exact) mass is 292 g/mol. The van der Waals surface area contributed by atoms with Crippen LogP contribution in [0.25, 0.3) is 0 Å². The van der Waals surface area contributed by atoms with Gasteiger partial charge in [-0.1, -0.05) is 18.4 Å². The van der Waals surface area contributed by atoms with E-state index in [-0.39, 0.29) is 6.04 Å². The lowest BCUT2D eigenvalue weighted by Crippen LogP contribution is -2.28. The van der Waals surface area contributed by atoms with Crippen molar-refractivity contribution in [1.82, 2.24) is 15.5 Å². The first kappa shape index (κ1) is 14.8. The molecule has 3 rings (SSSR count). The molecule has 0 aromatic carbocycles. The first-order valence-electron chi connectivity index (χ1n) is 8.45. The summed E-state index contributed by atoms with van der Waals surface area (Å²) in [7, 11) is 2.08. The predicted molar refractivity (Wildman–Crippen MR) is 83.2 cm³/mol. The minimum Gasteiger partial charge on any atom is -0.406 e. The normalized spacial score (nSPS) is 29.0. The maximum Gasteiger partial charge on any atom is 0.317 e. The van der Waals surface area contributed by atoms with E-state index in [1.165, 1.54) is 25.7 Å². The molecule has 4 unspecified atom stereocenters. The molecule has 0 amide bonds. The Hall–Kier alpha value is -1.10. The second kappa shape index (κ2) is 6.34. The van der Waals surface area contributed by atoms with Crippen molar-refractivity contribution in [3.63, 3.8) is 0 Å². The van der Waals surface area contributed by atoms with Crippen LogP contribution in [0.3, 0.4) is 0 Å². The molecule has 0 radical (unpaired) electrons. The van der Waals surface area contributed by atoms with Crippen molar-refractivity contribution in [3.05, 3.63) is 5.89 Å². The topological polar surface area (TPSA) is 54.2 Å². The number of hydrogen-bond acceptors (Lipinski definition) is 5. The van der Waals surface area contributed by atoms with Gasteiger partial charge < -0.3 is 14.6 Å². The van der Waals surface area contributed by atoms with E-state index in [4.69, 9.17) is 4.42 Å². The van der Waals surface area contributed by atoms with Crippen LogP contribution < -0.4 is 10.2 Å². The third-order valence-corrected chi connectivity index (χ3v) is 5.22. The van der Waals surface area contributed by atoms with Crippen LogP contribution in [0.5, 0.6) is 0 Å². The molecule has 2 fully saturated rings. The third-order valence-electron chi connectivity index (χ3n) is 5.22. The van der Waals surface area contributed by atoms with Crippen LogP contribution in [0, 0.1) is 17.8 Å². The molecule has 1 N–H and O–H groups in total. The summed E-state index contributed by atoms with van der Waals surface area (Å²) in [6.07, 6.45) is 6.83. The highest BCUT2D eigenvalue weighted by molar-refractivity contribution is 5.23. The van der Waals surface area contributed by atoms with Crippen molar-refractivity contribution in [3.8, 4) is 0 Å². The highest BCUT2D eigenvalue weighted by atomic mass is 16.4. The van der Waals surface area contributed by atoms with E-state index >= 15 is 0 Å². The molecule has 118 valence electrons. The average Bonchev–Trinajstić information content (AvgIpc) is 3.19. The van der Waals surface area contributed by atoms with Crippen molar-refractivity contribution < 1.29 is 4.42 Å². The number of hydrogen-bond donors (Lipinski definition) is 1. The second-order valence-electron chi connectivity index (χ2n) is 6.91. The van der Waals surface area contributed by atoms with Crippen LogP contribution in [-0.4, -0.2) is 30.3 Å². The van der Waals surface area contributed by atoms with E-state index in [1.807, 2.05) is 0 Å². The Balaban J connectivity index is 1.55. The van der Waals surface area contributed by atoms with Crippen molar-refractivity contribution >= 4 is 6.01 Å². The fourth-order valence-electron chi connectivity index (χ4n) is 4.03. The summed E-state index contributed by atoms with van der Waals surface area (Å²) in [5.41, 5.74) is 0. The summed E-state index contributed by atoms with van der Waals surface area (Å²) in [6, 6.07) is 0.792. The minimum absolute atomic E-state index is 0.127. The van der Waals surface area contributed by atoms with Gasteiger partial charge >= 0.3 is 6.01 Å². The summed E-state index contributed by atoms with van der Waals surface area (Å²) < 4.78 is 5.84. The number of nitrogens with one attached hydrogen (secondary N) is 1. The van der Waals surface area contributed by atoms with Crippen molar-refractivity contribution in [2.75, 3.05) is 25.0 Å². The third kappa shape index (κ3) is 3.23. The maximum atomic E-state index is 5.84. The largest absolute Gasteiger partial charge is 0.406 e. The van der Waals surface area contributed by atoms with Gasteiger partial charge in [0.05, 0.1) is 6.04 Å². The molecule has 0 aliphatic heterocycles. The summed E-state index contributed by atoms with van der Waals surface area (Å²) >= 11 is 0. The first-order valence-corrected chi connectivity index (χ1v) is 8.45. The number of aromatic nitrogens is 2. The number of fused-ring (bicyclic) bond motifs is 2. The Labute approximate surface area is 127 Å². The molecular formula is C16H28N4O. The van der Waals surface area contributed by atoms with Gasteiger partial charge in [0.2, 0.25) is 5.89 Å². The van der Waals surface area contributed by atoms with Crippen LogP contribution in [0.1, 0.15) is 57.9 Å². The highest BCUT2D eigenvalue weighted by Gasteiger charge is 2.40. The lowest BCUT2D eigenvalue weighted by Gasteiger charge is -2.25. The molecule has 2 bridgehead atoms. The van der Waals surface area contributed by atoms with E-state index in [1.54, 1.807) is 0 Å². The Morgan fingerprint density at radius 2 is 2.19 bits per heavy atom. The summed E-state index contributed by atoms with van der Waals surface area (Å²) in [6.45, 7) is 6.25. The van der Waals surface area contributed by atoms with Gasteiger partial charge in [-0.05, 0) is 56.9 Å². The van der Waals surface area contributed by atoms with Gasteiger partial charge in [0.25, 0.3) is 0 Å².